The number of aromatic carboxylic acids is 1. The second-order valence-corrected chi connectivity index (χ2v) is 4.58. The molecule has 0 aliphatic rings. The Morgan fingerprint density at radius 1 is 1.33 bits per heavy atom. The molecular formula is C15H13N3O3. The van der Waals surface area contributed by atoms with Gasteiger partial charge in [-0.25, -0.2) is 9.78 Å². The van der Waals surface area contributed by atoms with Crippen LogP contribution < -0.4 is 4.74 Å². The summed E-state index contributed by atoms with van der Waals surface area (Å²) in [5.74, 6) is 0.0195. The van der Waals surface area contributed by atoms with E-state index in [9.17, 15) is 4.79 Å². The summed E-state index contributed by atoms with van der Waals surface area (Å²) in [5, 5.41) is 9.12. The molecule has 0 unspecified atom stereocenters. The quantitative estimate of drug-likeness (QED) is 0.798. The van der Waals surface area contributed by atoms with E-state index in [-0.39, 0.29) is 5.56 Å². The second-order valence-electron chi connectivity index (χ2n) is 4.58. The Kier molecular flexibility index (Phi) is 3.06. The molecule has 0 bridgehead atoms. The molecule has 0 saturated carbocycles. The van der Waals surface area contributed by atoms with Crippen LogP contribution in [0.15, 0.2) is 36.7 Å². The number of carboxylic acid groups (broad SMARTS) is 1. The zero-order valence-corrected chi connectivity index (χ0v) is 11.6. The predicted octanol–water partition coefficient (Wildman–Crippen LogP) is 2.34. The zero-order chi connectivity index (χ0) is 15.0. The lowest BCUT2D eigenvalue weighted by molar-refractivity contribution is 0.0693. The first-order valence-corrected chi connectivity index (χ1v) is 6.30. The molecular weight excluding hydrogens is 270 g/mol. The van der Waals surface area contributed by atoms with Crippen LogP contribution in [0.5, 0.6) is 5.75 Å². The number of hydrogen-bond acceptors (Lipinski definition) is 4. The number of ether oxygens (including phenoxy) is 1. The Balaban J connectivity index is 2.19. The van der Waals surface area contributed by atoms with Crippen LogP contribution in [0.3, 0.4) is 0 Å². The third kappa shape index (κ3) is 2.10. The molecule has 2 aromatic heterocycles. The summed E-state index contributed by atoms with van der Waals surface area (Å²) in [6.07, 6.45) is 3.43. The van der Waals surface area contributed by atoms with E-state index in [1.165, 1.54) is 13.2 Å². The van der Waals surface area contributed by atoms with Crippen molar-refractivity contribution < 1.29 is 14.6 Å². The molecule has 6 heteroatoms. The number of fused-ring (bicyclic) bond motifs is 1. The van der Waals surface area contributed by atoms with Gasteiger partial charge >= 0.3 is 5.97 Å². The Morgan fingerprint density at radius 2 is 2.14 bits per heavy atom. The molecule has 1 N–H and O–H groups in total. The van der Waals surface area contributed by atoms with Crippen LogP contribution in [0, 0.1) is 0 Å². The molecule has 2 heterocycles. The minimum Gasteiger partial charge on any atom is -0.496 e. The maximum atomic E-state index is 11.1. The van der Waals surface area contributed by atoms with Crippen molar-refractivity contribution >= 4 is 17.0 Å². The number of aryl methyl sites for hydroxylation is 1. The van der Waals surface area contributed by atoms with Crippen molar-refractivity contribution in [1.82, 2.24) is 14.5 Å². The fourth-order valence-corrected chi connectivity index (χ4v) is 2.30. The van der Waals surface area contributed by atoms with Gasteiger partial charge in [0.1, 0.15) is 17.1 Å². The number of aromatic nitrogens is 3. The average molecular weight is 283 g/mol. The highest BCUT2D eigenvalue weighted by Gasteiger charge is 2.15. The van der Waals surface area contributed by atoms with Gasteiger partial charge in [-0.3, -0.25) is 4.98 Å². The SMILES string of the molecule is COc1cc(-c2nc3ccncc3n2C)ccc1C(=O)O. The average Bonchev–Trinajstić information content (AvgIpc) is 2.84. The second kappa shape index (κ2) is 4.90. The van der Waals surface area contributed by atoms with E-state index in [0.29, 0.717) is 5.75 Å². The van der Waals surface area contributed by atoms with Gasteiger partial charge in [-0.2, -0.15) is 0 Å². The Labute approximate surface area is 120 Å². The third-order valence-corrected chi connectivity index (χ3v) is 3.37. The fraction of sp³-hybridized carbons (Fsp3) is 0.133. The number of imidazole rings is 1. The largest absolute Gasteiger partial charge is 0.496 e. The molecule has 3 aromatic rings. The van der Waals surface area contributed by atoms with Crippen molar-refractivity contribution in [3.63, 3.8) is 0 Å². The lowest BCUT2D eigenvalue weighted by Crippen LogP contribution is -2.01. The number of pyridine rings is 1. The van der Waals surface area contributed by atoms with Crippen LogP contribution in [0.2, 0.25) is 0 Å². The van der Waals surface area contributed by atoms with Gasteiger partial charge in [-0.1, -0.05) is 6.07 Å². The van der Waals surface area contributed by atoms with Gasteiger partial charge in [0, 0.05) is 18.8 Å². The lowest BCUT2D eigenvalue weighted by Gasteiger charge is -2.08. The summed E-state index contributed by atoms with van der Waals surface area (Å²) in [6, 6.07) is 6.76. The van der Waals surface area contributed by atoms with Crippen LogP contribution in [0.4, 0.5) is 0 Å². The minimum absolute atomic E-state index is 0.127. The number of carboxylic acids is 1. The Hall–Kier alpha value is -2.89. The highest BCUT2D eigenvalue weighted by atomic mass is 16.5. The van der Waals surface area contributed by atoms with Gasteiger partial charge in [0.15, 0.2) is 0 Å². The molecule has 0 radical (unpaired) electrons. The molecule has 0 aliphatic carbocycles. The van der Waals surface area contributed by atoms with Crippen molar-refractivity contribution in [1.29, 1.82) is 0 Å². The van der Waals surface area contributed by atoms with Crippen LogP contribution in [-0.4, -0.2) is 32.7 Å². The van der Waals surface area contributed by atoms with Crippen LogP contribution in [-0.2, 0) is 7.05 Å². The third-order valence-electron chi connectivity index (χ3n) is 3.37. The van der Waals surface area contributed by atoms with Crippen molar-refractivity contribution in [3.8, 4) is 17.1 Å². The van der Waals surface area contributed by atoms with Gasteiger partial charge in [0.2, 0.25) is 0 Å². The molecule has 0 aliphatic heterocycles. The van der Waals surface area contributed by atoms with Gasteiger partial charge < -0.3 is 14.4 Å². The first kappa shape index (κ1) is 13.1. The van der Waals surface area contributed by atoms with E-state index in [1.807, 2.05) is 17.7 Å². The molecule has 0 amide bonds. The van der Waals surface area contributed by atoms with Crippen LogP contribution >= 0.6 is 0 Å². The number of hydrogen-bond donors (Lipinski definition) is 1. The van der Waals surface area contributed by atoms with E-state index in [0.717, 1.165) is 22.4 Å². The molecule has 3 rings (SSSR count). The molecule has 0 spiro atoms. The number of benzene rings is 1. The van der Waals surface area contributed by atoms with Crippen molar-refractivity contribution in [2.75, 3.05) is 7.11 Å². The minimum atomic E-state index is -1.02. The van der Waals surface area contributed by atoms with E-state index >= 15 is 0 Å². The standard InChI is InChI=1S/C15H13N3O3/c1-18-12-8-16-6-5-11(12)17-14(18)9-3-4-10(15(19)20)13(7-9)21-2/h3-8H,1-2H3,(H,19,20). The smallest absolute Gasteiger partial charge is 0.339 e. The number of rotatable bonds is 3. The Bertz CT molecular complexity index is 839. The lowest BCUT2D eigenvalue weighted by atomic mass is 10.1. The topological polar surface area (TPSA) is 77.2 Å². The van der Waals surface area contributed by atoms with Gasteiger partial charge in [-0.15, -0.1) is 0 Å². The Morgan fingerprint density at radius 3 is 2.81 bits per heavy atom. The van der Waals surface area contributed by atoms with Gasteiger partial charge in [-0.05, 0) is 18.2 Å². The number of methoxy groups -OCH3 is 1. The number of carbonyl (C=O) groups is 1. The first-order chi connectivity index (χ1) is 10.1. The summed E-state index contributed by atoms with van der Waals surface area (Å²) in [7, 11) is 3.34. The highest BCUT2D eigenvalue weighted by Crippen LogP contribution is 2.28. The summed E-state index contributed by atoms with van der Waals surface area (Å²) in [5.41, 5.74) is 2.66. The summed E-state index contributed by atoms with van der Waals surface area (Å²) in [4.78, 5) is 19.8. The predicted molar refractivity (Wildman–Crippen MR) is 77.5 cm³/mol. The molecule has 6 nitrogen and oxygen atoms in total. The van der Waals surface area contributed by atoms with E-state index < -0.39 is 5.97 Å². The monoisotopic (exact) mass is 283 g/mol. The molecule has 21 heavy (non-hydrogen) atoms. The van der Waals surface area contributed by atoms with Gasteiger partial charge in [0.25, 0.3) is 0 Å². The van der Waals surface area contributed by atoms with Gasteiger partial charge in [0.05, 0.1) is 24.3 Å². The summed E-state index contributed by atoms with van der Waals surface area (Å²) in [6.45, 7) is 0. The van der Waals surface area contributed by atoms with Crippen molar-refractivity contribution in [3.05, 3.63) is 42.2 Å². The maximum absolute atomic E-state index is 11.1. The first-order valence-electron chi connectivity index (χ1n) is 6.30. The van der Waals surface area contributed by atoms with Crippen molar-refractivity contribution in [2.24, 2.45) is 7.05 Å². The molecule has 106 valence electrons. The summed E-state index contributed by atoms with van der Waals surface area (Å²) >= 11 is 0. The van der Waals surface area contributed by atoms with Crippen molar-refractivity contribution in [2.45, 2.75) is 0 Å². The molecule has 1 aromatic carbocycles. The van der Waals surface area contributed by atoms with E-state index in [1.54, 1.807) is 24.5 Å². The molecule has 0 atom stereocenters. The van der Waals surface area contributed by atoms with E-state index in [4.69, 9.17) is 9.84 Å². The maximum Gasteiger partial charge on any atom is 0.339 e. The molecule has 0 fully saturated rings. The molecule has 0 saturated heterocycles. The summed E-state index contributed by atoms with van der Waals surface area (Å²) < 4.78 is 7.07. The van der Waals surface area contributed by atoms with E-state index in [2.05, 4.69) is 9.97 Å². The zero-order valence-electron chi connectivity index (χ0n) is 11.6. The normalized spacial score (nSPS) is 10.8. The van der Waals surface area contributed by atoms with Crippen LogP contribution in [0.1, 0.15) is 10.4 Å². The fourth-order valence-electron chi connectivity index (χ4n) is 2.30. The van der Waals surface area contributed by atoms with Crippen LogP contribution in [0.25, 0.3) is 22.4 Å². The number of nitrogens with zero attached hydrogens (tertiary/aromatic N) is 3. The highest BCUT2D eigenvalue weighted by molar-refractivity contribution is 5.92.